The van der Waals surface area contributed by atoms with E-state index in [1.54, 1.807) is 27.7 Å². The van der Waals surface area contributed by atoms with Crippen LogP contribution in [0.15, 0.2) is 12.1 Å². The average Bonchev–Trinajstić information content (AvgIpc) is 2.64. The standard InChI is InChI=1S/C15H18BF3O4/c1-13(2)14(3,4)23-16(22-13)11-7-12(21-5)9(8-20)6-10(11)15(17,18)19/h6-8H,1-5H3. The van der Waals surface area contributed by atoms with Crippen LogP contribution < -0.4 is 10.2 Å². The predicted octanol–water partition coefficient (Wildman–Crippen LogP) is 2.83. The summed E-state index contributed by atoms with van der Waals surface area (Å²) in [5.41, 5.74) is -2.92. The summed E-state index contributed by atoms with van der Waals surface area (Å²) in [7, 11) is 0.0788. The highest BCUT2D eigenvalue weighted by atomic mass is 19.4. The molecule has 1 fully saturated rings. The Morgan fingerprint density at radius 3 is 2.04 bits per heavy atom. The Labute approximate surface area is 133 Å². The Balaban J connectivity index is 2.60. The molecule has 1 aromatic carbocycles. The first-order valence-electron chi connectivity index (χ1n) is 7.03. The molecule has 0 aromatic heterocycles. The van der Waals surface area contributed by atoms with E-state index < -0.39 is 30.1 Å². The Bertz CT molecular complexity index is 610. The van der Waals surface area contributed by atoms with Gasteiger partial charge in [-0.1, -0.05) is 0 Å². The quantitative estimate of drug-likeness (QED) is 0.632. The van der Waals surface area contributed by atoms with Gasteiger partial charge in [0.05, 0.1) is 29.4 Å². The molecule has 2 rings (SSSR count). The molecule has 0 N–H and O–H groups in total. The number of methoxy groups -OCH3 is 1. The number of hydrogen-bond donors (Lipinski definition) is 0. The lowest BCUT2D eigenvalue weighted by molar-refractivity contribution is -0.136. The smallest absolute Gasteiger partial charge is 0.495 e. The lowest BCUT2D eigenvalue weighted by Gasteiger charge is -2.32. The molecule has 126 valence electrons. The zero-order valence-corrected chi connectivity index (χ0v) is 13.6. The number of benzene rings is 1. The van der Waals surface area contributed by atoms with Gasteiger partial charge in [-0.15, -0.1) is 0 Å². The van der Waals surface area contributed by atoms with E-state index in [0.717, 1.165) is 12.1 Å². The second kappa shape index (κ2) is 5.52. The van der Waals surface area contributed by atoms with Crippen molar-refractivity contribution >= 4 is 18.9 Å². The van der Waals surface area contributed by atoms with Crippen LogP contribution in [-0.2, 0) is 15.5 Å². The molecule has 0 spiro atoms. The molecule has 0 saturated carbocycles. The van der Waals surface area contributed by atoms with E-state index in [2.05, 4.69) is 0 Å². The number of carbonyl (C=O) groups is 1. The summed E-state index contributed by atoms with van der Waals surface area (Å²) in [6.07, 6.45) is -4.33. The Morgan fingerprint density at radius 2 is 1.65 bits per heavy atom. The SMILES string of the molecule is COc1cc(B2OC(C)(C)C(C)(C)O2)c(C(F)(F)F)cc1C=O. The molecule has 0 atom stereocenters. The minimum Gasteiger partial charge on any atom is -0.496 e. The maximum absolute atomic E-state index is 13.4. The van der Waals surface area contributed by atoms with Crippen LogP contribution in [0.25, 0.3) is 0 Å². The Kier molecular flexibility index (Phi) is 4.28. The summed E-state index contributed by atoms with van der Waals surface area (Å²) in [6.45, 7) is 6.99. The van der Waals surface area contributed by atoms with Crippen molar-refractivity contribution in [3.63, 3.8) is 0 Å². The number of ether oxygens (including phenoxy) is 1. The summed E-state index contributed by atoms with van der Waals surface area (Å²) in [5.74, 6) is 0.0395. The second-order valence-corrected chi connectivity index (χ2v) is 6.39. The van der Waals surface area contributed by atoms with Gasteiger partial charge < -0.3 is 14.0 Å². The van der Waals surface area contributed by atoms with Crippen LogP contribution >= 0.6 is 0 Å². The van der Waals surface area contributed by atoms with Crippen molar-refractivity contribution in [3.05, 3.63) is 23.3 Å². The number of rotatable bonds is 3. The van der Waals surface area contributed by atoms with Crippen LogP contribution in [0.4, 0.5) is 13.2 Å². The van der Waals surface area contributed by atoms with Crippen LogP contribution in [0.1, 0.15) is 43.6 Å². The molecular weight excluding hydrogens is 312 g/mol. The summed E-state index contributed by atoms with van der Waals surface area (Å²) >= 11 is 0. The van der Waals surface area contributed by atoms with Crippen LogP contribution in [0, 0.1) is 0 Å². The maximum atomic E-state index is 13.4. The zero-order chi connectivity index (χ0) is 17.6. The second-order valence-electron chi connectivity index (χ2n) is 6.39. The van der Waals surface area contributed by atoms with Gasteiger partial charge >= 0.3 is 13.3 Å². The first kappa shape index (κ1) is 17.8. The molecule has 0 bridgehead atoms. The van der Waals surface area contributed by atoms with Crippen LogP contribution in [0.3, 0.4) is 0 Å². The minimum absolute atomic E-state index is 0.0395. The van der Waals surface area contributed by atoms with E-state index in [9.17, 15) is 18.0 Å². The third kappa shape index (κ3) is 3.10. The summed E-state index contributed by atoms with van der Waals surface area (Å²) in [5, 5.41) is 0. The summed E-state index contributed by atoms with van der Waals surface area (Å²) < 4.78 is 56.5. The average molecular weight is 330 g/mol. The van der Waals surface area contributed by atoms with Gasteiger partial charge in [0.15, 0.2) is 6.29 Å². The van der Waals surface area contributed by atoms with Gasteiger partial charge in [-0.05, 0) is 45.3 Å². The normalized spacial score (nSPS) is 19.7. The Hall–Kier alpha value is -1.54. The number of carbonyl (C=O) groups excluding carboxylic acids is 1. The van der Waals surface area contributed by atoms with E-state index in [1.807, 2.05) is 0 Å². The molecule has 4 nitrogen and oxygen atoms in total. The molecule has 0 unspecified atom stereocenters. The molecule has 0 amide bonds. The molecule has 0 radical (unpaired) electrons. The van der Waals surface area contributed by atoms with Crippen molar-refractivity contribution in [1.29, 1.82) is 0 Å². The van der Waals surface area contributed by atoms with Gasteiger partial charge in [0, 0.05) is 0 Å². The highest BCUT2D eigenvalue weighted by Crippen LogP contribution is 2.39. The van der Waals surface area contributed by atoms with Crippen molar-refractivity contribution in [2.75, 3.05) is 7.11 Å². The lowest BCUT2D eigenvalue weighted by Crippen LogP contribution is -2.41. The highest BCUT2D eigenvalue weighted by molar-refractivity contribution is 6.62. The van der Waals surface area contributed by atoms with E-state index in [0.29, 0.717) is 6.29 Å². The summed E-state index contributed by atoms with van der Waals surface area (Å²) in [4.78, 5) is 11.0. The number of hydrogen-bond acceptors (Lipinski definition) is 4. The first-order valence-corrected chi connectivity index (χ1v) is 7.03. The number of halogens is 3. The first-order chi connectivity index (χ1) is 10.4. The summed E-state index contributed by atoms with van der Waals surface area (Å²) in [6, 6.07) is 1.90. The number of aldehydes is 1. The molecule has 1 aliphatic rings. The zero-order valence-electron chi connectivity index (χ0n) is 13.6. The van der Waals surface area contributed by atoms with Crippen molar-refractivity contribution in [2.45, 2.75) is 45.1 Å². The van der Waals surface area contributed by atoms with Gasteiger partial charge in [0.2, 0.25) is 0 Å². The molecule has 0 aliphatic carbocycles. The van der Waals surface area contributed by atoms with Crippen LogP contribution in [-0.4, -0.2) is 31.7 Å². The number of alkyl halides is 3. The third-order valence-electron chi connectivity index (χ3n) is 4.34. The molecule has 1 aliphatic heterocycles. The Morgan fingerprint density at radius 1 is 1.13 bits per heavy atom. The highest BCUT2D eigenvalue weighted by Gasteiger charge is 2.53. The fourth-order valence-electron chi connectivity index (χ4n) is 2.29. The monoisotopic (exact) mass is 330 g/mol. The lowest BCUT2D eigenvalue weighted by atomic mass is 9.75. The van der Waals surface area contributed by atoms with Gasteiger partial charge in [-0.25, -0.2) is 0 Å². The molecule has 8 heteroatoms. The van der Waals surface area contributed by atoms with Gasteiger partial charge in [-0.3, -0.25) is 4.79 Å². The van der Waals surface area contributed by atoms with Crippen molar-refractivity contribution in [3.8, 4) is 5.75 Å². The van der Waals surface area contributed by atoms with E-state index in [4.69, 9.17) is 14.0 Å². The van der Waals surface area contributed by atoms with Crippen molar-refractivity contribution in [1.82, 2.24) is 0 Å². The van der Waals surface area contributed by atoms with E-state index >= 15 is 0 Å². The predicted molar refractivity (Wildman–Crippen MR) is 79.1 cm³/mol. The van der Waals surface area contributed by atoms with Gasteiger partial charge in [0.1, 0.15) is 5.75 Å². The largest absolute Gasteiger partial charge is 0.496 e. The maximum Gasteiger partial charge on any atom is 0.495 e. The fourth-order valence-corrected chi connectivity index (χ4v) is 2.29. The van der Waals surface area contributed by atoms with Crippen molar-refractivity contribution < 1.29 is 32.0 Å². The van der Waals surface area contributed by atoms with Gasteiger partial charge in [0.25, 0.3) is 0 Å². The molecule has 23 heavy (non-hydrogen) atoms. The molecule has 1 heterocycles. The van der Waals surface area contributed by atoms with E-state index in [-0.39, 0.29) is 16.8 Å². The minimum atomic E-state index is -4.65. The van der Waals surface area contributed by atoms with Crippen LogP contribution in [0.2, 0.25) is 0 Å². The topological polar surface area (TPSA) is 44.8 Å². The fraction of sp³-hybridized carbons (Fsp3) is 0.533. The molecule has 1 aromatic rings. The van der Waals surface area contributed by atoms with E-state index in [1.165, 1.54) is 7.11 Å². The molecule has 1 saturated heterocycles. The van der Waals surface area contributed by atoms with Gasteiger partial charge in [-0.2, -0.15) is 13.2 Å². The van der Waals surface area contributed by atoms with Crippen LogP contribution in [0.5, 0.6) is 5.75 Å². The molecular formula is C15H18BF3O4. The third-order valence-corrected chi connectivity index (χ3v) is 4.34. The van der Waals surface area contributed by atoms with Crippen molar-refractivity contribution in [2.24, 2.45) is 0 Å².